The van der Waals surface area contributed by atoms with Gasteiger partial charge in [-0.3, -0.25) is 0 Å². The Hall–Kier alpha value is -7.79. The lowest BCUT2D eigenvalue weighted by Gasteiger charge is -2.33. The molecule has 0 amide bonds. The van der Waals surface area contributed by atoms with Crippen molar-refractivity contribution >= 4 is 78.6 Å². The normalized spacial score (nSPS) is 13.4. The predicted molar refractivity (Wildman–Crippen MR) is 273 cm³/mol. The number of benzene rings is 10. The third-order valence-electron chi connectivity index (χ3n) is 13.7. The number of furan rings is 1. The quantitative estimate of drug-likeness (QED) is 0.166. The summed E-state index contributed by atoms with van der Waals surface area (Å²) in [5.74, 6) is 0. The Morgan fingerprint density at radius 3 is 1.98 bits per heavy atom. The number of nitrogens with zero attached hydrogens (tertiary/aromatic N) is 2. The molecule has 0 saturated carbocycles. The molecule has 65 heavy (non-hydrogen) atoms. The van der Waals surface area contributed by atoms with Crippen molar-refractivity contribution in [1.29, 1.82) is 0 Å². The van der Waals surface area contributed by atoms with Gasteiger partial charge in [-0.1, -0.05) is 171 Å². The van der Waals surface area contributed by atoms with E-state index in [9.17, 15) is 0 Å². The standard InChI is InChI=1S/C61H42N2OS/c1-61(2)52-20-7-5-16-48(52)49-35-34-45(38-53(49)61)62(54-22-11-14-40-13-3-4-15-46(40)54)43-30-25-39(26-31-43)42-29-36-56-59(37-42)65-58-24-10-8-21-55(58)63(56)44-32-27-41(28-33-44)47-18-12-19-51-50-17-6-9-23-57(50)64-60(47)51/h3-38H,1-2H3. The van der Waals surface area contributed by atoms with Gasteiger partial charge in [0.05, 0.1) is 17.1 Å². The molecule has 2 aliphatic rings. The Morgan fingerprint density at radius 1 is 0.446 bits per heavy atom. The van der Waals surface area contributed by atoms with Gasteiger partial charge in [0.1, 0.15) is 11.2 Å². The van der Waals surface area contributed by atoms with Crippen LogP contribution in [0.15, 0.2) is 233 Å². The van der Waals surface area contributed by atoms with E-state index in [-0.39, 0.29) is 5.41 Å². The topological polar surface area (TPSA) is 19.6 Å². The fraction of sp³-hybridized carbons (Fsp3) is 0.0492. The molecule has 10 aromatic carbocycles. The minimum absolute atomic E-state index is 0.106. The summed E-state index contributed by atoms with van der Waals surface area (Å²) < 4.78 is 6.41. The molecule has 2 heterocycles. The van der Waals surface area contributed by atoms with E-state index >= 15 is 0 Å². The second-order valence-electron chi connectivity index (χ2n) is 17.7. The van der Waals surface area contributed by atoms with Crippen LogP contribution >= 0.6 is 11.8 Å². The molecule has 13 rings (SSSR count). The minimum atomic E-state index is -0.106. The molecule has 4 heteroatoms. The molecule has 308 valence electrons. The Balaban J connectivity index is 0.864. The van der Waals surface area contributed by atoms with Crippen molar-refractivity contribution < 1.29 is 4.42 Å². The smallest absolute Gasteiger partial charge is 0.143 e. The highest BCUT2D eigenvalue weighted by molar-refractivity contribution is 7.99. The highest BCUT2D eigenvalue weighted by Gasteiger charge is 2.36. The average molecular weight is 851 g/mol. The molecule has 3 nitrogen and oxygen atoms in total. The van der Waals surface area contributed by atoms with Crippen molar-refractivity contribution in [1.82, 2.24) is 0 Å². The average Bonchev–Trinajstić information content (AvgIpc) is 3.85. The van der Waals surface area contributed by atoms with Gasteiger partial charge in [0.15, 0.2) is 0 Å². The van der Waals surface area contributed by atoms with Crippen molar-refractivity contribution in [2.75, 3.05) is 9.80 Å². The molecule has 1 aromatic heterocycles. The maximum absolute atomic E-state index is 6.41. The highest BCUT2D eigenvalue weighted by atomic mass is 32.2. The van der Waals surface area contributed by atoms with Gasteiger partial charge >= 0.3 is 0 Å². The number of hydrogen-bond acceptors (Lipinski definition) is 4. The van der Waals surface area contributed by atoms with E-state index in [2.05, 4.69) is 230 Å². The molecule has 0 spiro atoms. The molecule has 0 bridgehead atoms. The lowest BCUT2D eigenvalue weighted by atomic mass is 9.82. The summed E-state index contributed by atoms with van der Waals surface area (Å²) in [4.78, 5) is 7.29. The molecule has 0 N–H and O–H groups in total. The fourth-order valence-electron chi connectivity index (χ4n) is 10.4. The Kier molecular flexibility index (Phi) is 8.49. The van der Waals surface area contributed by atoms with Crippen LogP contribution in [0.25, 0.3) is 66.1 Å². The Morgan fingerprint density at radius 2 is 1.09 bits per heavy atom. The van der Waals surface area contributed by atoms with Crippen molar-refractivity contribution in [3.05, 3.63) is 230 Å². The number of rotatable bonds is 6. The second-order valence-corrected chi connectivity index (χ2v) is 18.8. The fourth-order valence-corrected chi connectivity index (χ4v) is 11.5. The van der Waals surface area contributed by atoms with Crippen LogP contribution in [0.3, 0.4) is 0 Å². The summed E-state index contributed by atoms with van der Waals surface area (Å²) in [5.41, 5.74) is 18.6. The van der Waals surface area contributed by atoms with Gasteiger partial charge in [-0.2, -0.15) is 0 Å². The molecule has 0 atom stereocenters. The molecular formula is C61H42N2OS. The summed E-state index contributed by atoms with van der Waals surface area (Å²) in [6, 6.07) is 79.7. The number of fused-ring (bicyclic) bond motifs is 9. The van der Waals surface area contributed by atoms with Crippen LogP contribution in [0.4, 0.5) is 34.1 Å². The third-order valence-corrected chi connectivity index (χ3v) is 14.8. The summed E-state index contributed by atoms with van der Waals surface area (Å²) in [5, 5.41) is 4.72. The maximum atomic E-state index is 6.41. The Labute approximate surface area is 382 Å². The van der Waals surface area contributed by atoms with E-state index in [0.29, 0.717) is 0 Å². The van der Waals surface area contributed by atoms with E-state index in [4.69, 9.17) is 4.42 Å². The van der Waals surface area contributed by atoms with Crippen molar-refractivity contribution in [3.8, 4) is 33.4 Å². The van der Waals surface area contributed by atoms with Crippen molar-refractivity contribution in [2.24, 2.45) is 0 Å². The maximum Gasteiger partial charge on any atom is 0.143 e. The van der Waals surface area contributed by atoms with E-state index in [0.717, 1.165) is 55.8 Å². The van der Waals surface area contributed by atoms with Crippen LogP contribution < -0.4 is 9.80 Å². The molecule has 1 aliphatic carbocycles. The monoisotopic (exact) mass is 850 g/mol. The van der Waals surface area contributed by atoms with E-state index in [1.807, 2.05) is 23.9 Å². The lowest BCUT2D eigenvalue weighted by Crippen LogP contribution is -2.16. The van der Waals surface area contributed by atoms with Gasteiger partial charge < -0.3 is 14.2 Å². The van der Waals surface area contributed by atoms with Crippen LogP contribution in [-0.4, -0.2) is 0 Å². The molecular weight excluding hydrogens is 809 g/mol. The first-order valence-electron chi connectivity index (χ1n) is 22.3. The van der Waals surface area contributed by atoms with Crippen LogP contribution in [0.1, 0.15) is 25.0 Å². The summed E-state index contributed by atoms with van der Waals surface area (Å²) in [6.07, 6.45) is 0. The highest BCUT2D eigenvalue weighted by Crippen LogP contribution is 2.54. The zero-order chi connectivity index (χ0) is 43.2. The molecule has 11 aromatic rings. The van der Waals surface area contributed by atoms with Crippen molar-refractivity contribution in [3.63, 3.8) is 0 Å². The zero-order valence-corrected chi connectivity index (χ0v) is 36.8. The number of hydrogen-bond donors (Lipinski definition) is 0. The molecule has 0 unspecified atom stereocenters. The van der Waals surface area contributed by atoms with Gasteiger partial charge in [-0.05, 0) is 117 Å². The van der Waals surface area contributed by atoms with Crippen LogP contribution in [0.5, 0.6) is 0 Å². The van der Waals surface area contributed by atoms with E-state index in [1.165, 1.54) is 65.3 Å². The van der Waals surface area contributed by atoms with Gasteiger partial charge in [-0.25, -0.2) is 0 Å². The van der Waals surface area contributed by atoms with Crippen LogP contribution in [-0.2, 0) is 5.41 Å². The zero-order valence-electron chi connectivity index (χ0n) is 36.0. The largest absolute Gasteiger partial charge is 0.455 e. The van der Waals surface area contributed by atoms with Gasteiger partial charge in [0.25, 0.3) is 0 Å². The Bertz CT molecular complexity index is 3670. The number of para-hydroxylation sites is 3. The van der Waals surface area contributed by atoms with Crippen LogP contribution in [0.2, 0.25) is 0 Å². The summed E-state index contributed by atoms with van der Waals surface area (Å²) in [7, 11) is 0. The van der Waals surface area contributed by atoms with E-state index in [1.54, 1.807) is 0 Å². The first-order valence-corrected chi connectivity index (χ1v) is 23.1. The van der Waals surface area contributed by atoms with E-state index < -0.39 is 0 Å². The molecule has 0 radical (unpaired) electrons. The van der Waals surface area contributed by atoms with Gasteiger partial charge in [0, 0.05) is 54.0 Å². The lowest BCUT2D eigenvalue weighted by molar-refractivity contribution is 0.660. The minimum Gasteiger partial charge on any atom is -0.455 e. The summed E-state index contributed by atoms with van der Waals surface area (Å²) in [6.45, 7) is 4.71. The number of anilines is 6. The second kappa shape index (κ2) is 14.6. The third kappa shape index (κ3) is 5.98. The molecule has 0 fully saturated rings. The summed E-state index contributed by atoms with van der Waals surface area (Å²) >= 11 is 1.84. The van der Waals surface area contributed by atoms with Crippen LogP contribution in [0, 0.1) is 0 Å². The van der Waals surface area contributed by atoms with Gasteiger partial charge in [-0.15, -0.1) is 0 Å². The predicted octanol–water partition coefficient (Wildman–Crippen LogP) is 17.8. The SMILES string of the molecule is CC1(C)c2ccccc2-c2ccc(N(c3ccc(-c4ccc5c(c4)Sc4ccccc4N5c4ccc(-c5cccc6c5oc5ccccc56)cc4)cc3)c3cccc4ccccc34)cc21. The molecule has 1 aliphatic heterocycles. The van der Waals surface area contributed by atoms with Crippen molar-refractivity contribution in [2.45, 2.75) is 29.1 Å². The van der Waals surface area contributed by atoms with Gasteiger partial charge in [0.2, 0.25) is 0 Å². The first-order chi connectivity index (χ1) is 32.0. The molecule has 0 saturated heterocycles. The first kappa shape index (κ1) is 37.7.